The molecule has 0 atom stereocenters. The second kappa shape index (κ2) is 4.74. The molecule has 0 radical (unpaired) electrons. The lowest BCUT2D eigenvalue weighted by Gasteiger charge is -2.05. The van der Waals surface area contributed by atoms with Crippen LogP contribution < -0.4 is 4.74 Å². The highest BCUT2D eigenvalue weighted by Gasteiger charge is 2.04. The molecule has 0 bridgehead atoms. The second-order valence-electron chi connectivity index (χ2n) is 3.58. The van der Waals surface area contributed by atoms with E-state index in [0.29, 0.717) is 11.5 Å². The molecule has 2 rings (SSSR count). The molecule has 0 spiro atoms. The van der Waals surface area contributed by atoms with Crippen molar-refractivity contribution in [3.05, 3.63) is 41.9 Å². The van der Waals surface area contributed by atoms with Gasteiger partial charge in [-0.05, 0) is 25.1 Å². The summed E-state index contributed by atoms with van der Waals surface area (Å²) in [5.74, 6) is 1.33. The summed E-state index contributed by atoms with van der Waals surface area (Å²) in [6.07, 6.45) is 0.721. The van der Waals surface area contributed by atoms with Gasteiger partial charge in [0.15, 0.2) is 6.29 Å². The van der Waals surface area contributed by atoms with Gasteiger partial charge in [-0.25, -0.2) is 9.97 Å². The van der Waals surface area contributed by atoms with E-state index in [2.05, 4.69) is 9.97 Å². The van der Waals surface area contributed by atoms with Crippen molar-refractivity contribution in [3.8, 4) is 17.0 Å². The number of ether oxygens (including phenoxy) is 1. The predicted octanol–water partition coefficient (Wildman–Crippen LogP) is 2.27. The van der Waals surface area contributed by atoms with Gasteiger partial charge < -0.3 is 4.74 Å². The van der Waals surface area contributed by atoms with Crippen LogP contribution in [-0.4, -0.2) is 23.4 Å². The highest BCUT2D eigenvalue weighted by atomic mass is 16.5. The fourth-order valence-electron chi connectivity index (χ4n) is 1.58. The van der Waals surface area contributed by atoms with E-state index in [1.54, 1.807) is 20.1 Å². The average molecular weight is 228 g/mol. The quantitative estimate of drug-likeness (QED) is 0.756. The maximum absolute atomic E-state index is 10.8. The Morgan fingerprint density at radius 2 is 2.06 bits per heavy atom. The van der Waals surface area contributed by atoms with Gasteiger partial charge in [0.1, 0.15) is 17.3 Å². The van der Waals surface area contributed by atoms with E-state index in [9.17, 15) is 4.79 Å². The molecule has 0 aliphatic carbocycles. The van der Waals surface area contributed by atoms with Gasteiger partial charge in [0.05, 0.1) is 12.8 Å². The second-order valence-corrected chi connectivity index (χ2v) is 3.58. The summed E-state index contributed by atoms with van der Waals surface area (Å²) in [4.78, 5) is 19.1. The standard InChI is InChI=1S/C13H12N2O2/c1-9-14-11(8-16)7-13(15-9)10-4-3-5-12(6-10)17-2/h3-8H,1-2H3. The van der Waals surface area contributed by atoms with E-state index in [-0.39, 0.29) is 0 Å². The number of hydrogen-bond donors (Lipinski definition) is 0. The van der Waals surface area contributed by atoms with Crippen LogP contribution in [0.2, 0.25) is 0 Å². The van der Waals surface area contributed by atoms with Gasteiger partial charge >= 0.3 is 0 Å². The Hall–Kier alpha value is -2.23. The number of aryl methyl sites for hydroxylation is 1. The Labute approximate surface area is 99.3 Å². The molecule has 0 aliphatic heterocycles. The van der Waals surface area contributed by atoms with Crippen molar-refractivity contribution in [1.29, 1.82) is 0 Å². The van der Waals surface area contributed by atoms with Gasteiger partial charge in [-0.2, -0.15) is 0 Å². The van der Waals surface area contributed by atoms with Crippen molar-refractivity contribution < 1.29 is 9.53 Å². The number of benzene rings is 1. The molecule has 1 aromatic carbocycles. The van der Waals surface area contributed by atoms with Crippen molar-refractivity contribution in [3.63, 3.8) is 0 Å². The normalized spacial score (nSPS) is 10.0. The summed E-state index contributed by atoms with van der Waals surface area (Å²) in [5.41, 5.74) is 2.01. The van der Waals surface area contributed by atoms with Crippen LogP contribution in [0.25, 0.3) is 11.3 Å². The first-order valence-electron chi connectivity index (χ1n) is 5.18. The minimum atomic E-state index is 0.385. The number of hydrogen-bond acceptors (Lipinski definition) is 4. The molecule has 4 nitrogen and oxygen atoms in total. The van der Waals surface area contributed by atoms with Gasteiger partial charge in [-0.15, -0.1) is 0 Å². The van der Waals surface area contributed by atoms with Gasteiger partial charge in [-0.3, -0.25) is 4.79 Å². The summed E-state index contributed by atoms with van der Waals surface area (Å²) in [5, 5.41) is 0. The Bertz CT molecular complexity index is 553. The average Bonchev–Trinajstić information content (AvgIpc) is 2.38. The van der Waals surface area contributed by atoms with E-state index in [1.807, 2.05) is 24.3 Å². The number of carbonyl (C=O) groups is 1. The molecule has 2 aromatic rings. The Morgan fingerprint density at radius 3 is 2.76 bits per heavy atom. The largest absolute Gasteiger partial charge is 0.497 e. The van der Waals surface area contributed by atoms with Crippen molar-refractivity contribution in [2.75, 3.05) is 7.11 Å². The lowest BCUT2D eigenvalue weighted by atomic mass is 10.1. The van der Waals surface area contributed by atoms with E-state index in [4.69, 9.17) is 4.74 Å². The SMILES string of the molecule is COc1cccc(-c2cc(C=O)nc(C)n2)c1. The Kier molecular flexibility index (Phi) is 3.14. The number of aromatic nitrogens is 2. The maximum atomic E-state index is 10.8. The monoisotopic (exact) mass is 228 g/mol. The Morgan fingerprint density at radius 1 is 1.24 bits per heavy atom. The highest BCUT2D eigenvalue weighted by molar-refractivity contribution is 5.75. The van der Waals surface area contributed by atoms with Crippen LogP contribution in [0.3, 0.4) is 0 Å². The third-order valence-corrected chi connectivity index (χ3v) is 2.34. The van der Waals surface area contributed by atoms with Crippen LogP contribution in [0, 0.1) is 6.92 Å². The summed E-state index contributed by atoms with van der Waals surface area (Å²) < 4.78 is 5.15. The molecule has 0 saturated carbocycles. The predicted molar refractivity (Wildman–Crippen MR) is 64.1 cm³/mol. The van der Waals surface area contributed by atoms with Crippen molar-refractivity contribution in [2.24, 2.45) is 0 Å². The van der Waals surface area contributed by atoms with Crippen molar-refractivity contribution >= 4 is 6.29 Å². The highest BCUT2D eigenvalue weighted by Crippen LogP contribution is 2.22. The van der Waals surface area contributed by atoms with Gasteiger partial charge in [0.25, 0.3) is 0 Å². The van der Waals surface area contributed by atoms with E-state index >= 15 is 0 Å². The third kappa shape index (κ3) is 2.47. The maximum Gasteiger partial charge on any atom is 0.168 e. The first-order chi connectivity index (χ1) is 8.22. The first-order valence-corrected chi connectivity index (χ1v) is 5.18. The van der Waals surface area contributed by atoms with Crippen molar-refractivity contribution in [1.82, 2.24) is 9.97 Å². The molecule has 4 heteroatoms. The first kappa shape index (κ1) is 11.3. The molecule has 0 saturated heterocycles. The van der Waals surface area contributed by atoms with Crippen LogP contribution in [0.4, 0.5) is 0 Å². The van der Waals surface area contributed by atoms with Gasteiger partial charge in [-0.1, -0.05) is 12.1 Å². The molecular formula is C13H12N2O2. The topological polar surface area (TPSA) is 52.1 Å². The minimum absolute atomic E-state index is 0.385. The summed E-state index contributed by atoms with van der Waals surface area (Å²) in [6.45, 7) is 1.76. The molecule has 17 heavy (non-hydrogen) atoms. The Balaban J connectivity index is 2.51. The number of nitrogens with zero attached hydrogens (tertiary/aromatic N) is 2. The summed E-state index contributed by atoms with van der Waals surface area (Å²) >= 11 is 0. The lowest BCUT2D eigenvalue weighted by molar-refractivity contribution is 0.111. The fraction of sp³-hybridized carbons (Fsp3) is 0.154. The minimum Gasteiger partial charge on any atom is -0.497 e. The van der Waals surface area contributed by atoms with Crippen LogP contribution in [-0.2, 0) is 0 Å². The zero-order valence-electron chi connectivity index (χ0n) is 9.68. The van der Waals surface area contributed by atoms with Crippen LogP contribution in [0.15, 0.2) is 30.3 Å². The molecule has 0 unspecified atom stereocenters. The van der Waals surface area contributed by atoms with Gasteiger partial charge in [0, 0.05) is 5.56 Å². The van der Waals surface area contributed by atoms with Gasteiger partial charge in [0.2, 0.25) is 0 Å². The zero-order valence-corrected chi connectivity index (χ0v) is 9.68. The van der Waals surface area contributed by atoms with E-state index < -0.39 is 0 Å². The summed E-state index contributed by atoms with van der Waals surface area (Å²) in [7, 11) is 1.61. The number of methoxy groups -OCH3 is 1. The van der Waals surface area contributed by atoms with Crippen molar-refractivity contribution in [2.45, 2.75) is 6.92 Å². The molecule has 1 heterocycles. The molecule has 86 valence electrons. The van der Waals surface area contributed by atoms with E-state index in [0.717, 1.165) is 23.3 Å². The molecule has 0 fully saturated rings. The van der Waals surface area contributed by atoms with Crippen LogP contribution in [0.1, 0.15) is 16.3 Å². The van der Waals surface area contributed by atoms with Crippen LogP contribution >= 0.6 is 0 Å². The third-order valence-electron chi connectivity index (χ3n) is 2.34. The fourth-order valence-corrected chi connectivity index (χ4v) is 1.58. The molecule has 0 N–H and O–H groups in total. The zero-order chi connectivity index (χ0) is 12.3. The van der Waals surface area contributed by atoms with E-state index in [1.165, 1.54) is 0 Å². The molecule has 1 aromatic heterocycles. The number of rotatable bonds is 3. The molecule has 0 aliphatic rings. The van der Waals surface area contributed by atoms with Crippen LogP contribution in [0.5, 0.6) is 5.75 Å². The lowest BCUT2D eigenvalue weighted by Crippen LogP contribution is -1.96. The summed E-state index contributed by atoms with van der Waals surface area (Å²) in [6, 6.07) is 9.19. The number of carbonyl (C=O) groups excluding carboxylic acids is 1. The smallest absolute Gasteiger partial charge is 0.168 e. The molecule has 0 amide bonds. The number of aldehydes is 1. The molecular weight excluding hydrogens is 216 g/mol.